The highest BCUT2D eigenvalue weighted by Crippen LogP contribution is 2.46. The lowest BCUT2D eigenvalue weighted by atomic mass is 9.64. The molecular weight excluding hydrogens is 240 g/mol. The Hall–Kier alpha value is -1.36. The summed E-state index contributed by atoms with van der Waals surface area (Å²) in [6, 6.07) is 0. The molecule has 3 N–H and O–H groups in total. The minimum Gasteiger partial charge on any atom is -0.393 e. The average molecular weight is 262 g/mol. The maximum atomic E-state index is 9.62. The number of nitrogens with zero attached hydrogens (tertiary/aromatic N) is 2. The van der Waals surface area contributed by atoms with Gasteiger partial charge in [-0.05, 0) is 56.8 Å². The van der Waals surface area contributed by atoms with Crippen molar-refractivity contribution in [2.45, 2.75) is 57.5 Å². The minimum atomic E-state index is -0.0543. The monoisotopic (exact) mass is 262 g/mol. The summed E-state index contributed by atoms with van der Waals surface area (Å²) in [7, 11) is 0. The standard InChI is InChI=1S/C14H22N4O/c19-12-3-7-14(8-4-12)5-1-11(2-6-14)17-18-13-15-9-10-16-13/h9-10,12,19H,1-8H2,(H2,15,16,18). The number of aromatic nitrogens is 2. The Labute approximate surface area is 113 Å². The molecule has 0 aliphatic heterocycles. The Bertz CT molecular complexity index is 420. The lowest BCUT2D eigenvalue weighted by Crippen LogP contribution is -2.33. The zero-order valence-corrected chi connectivity index (χ0v) is 11.2. The predicted octanol–water partition coefficient (Wildman–Crippen LogP) is 2.67. The maximum Gasteiger partial charge on any atom is 0.220 e. The van der Waals surface area contributed by atoms with E-state index in [9.17, 15) is 5.11 Å². The van der Waals surface area contributed by atoms with E-state index in [1.165, 1.54) is 31.4 Å². The molecule has 5 nitrogen and oxygen atoms in total. The molecule has 1 aromatic heterocycles. The summed E-state index contributed by atoms with van der Waals surface area (Å²) >= 11 is 0. The van der Waals surface area contributed by atoms with E-state index < -0.39 is 0 Å². The molecular formula is C14H22N4O. The van der Waals surface area contributed by atoms with Crippen LogP contribution >= 0.6 is 0 Å². The van der Waals surface area contributed by atoms with Crippen molar-refractivity contribution in [3.63, 3.8) is 0 Å². The fraction of sp³-hybridized carbons (Fsp3) is 0.714. The third-order valence-electron chi connectivity index (χ3n) is 4.72. The van der Waals surface area contributed by atoms with E-state index in [4.69, 9.17) is 0 Å². The van der Waals surface area contributed by atoms with Crippen LogP contribution in [-0.2, 0) is 0 Å². The van der Waals surface area contributed by atoms with Crippen LogP contribution < -0.4 is 5.43 Å². The number of hydrogen-bond donors (Lipinski definition) is 3. The molecule has 0 amide bonds. The summed E-state index contributed by atoms with van der Waals surface area (Å²) in [5, 5.41) is 14.1. The third-order valence-corrected chi connectivity index (χ3v) is 4.72. The molecule has 2 saturated carbocycles. The molecule has 2 aliphatic rings. The average Bonchev–Trinajstić information content (AvgIpc) is 2.95. The Morgan fingerprint density at radius 1 is 1.26 bits per heavy atom. The number of nitrogens with one attached hydrogen (secondary N) is 2. The molecule has 0 atom stereocenters. The van der Waals surface area contributed by atoms with Gasteiger partial charge in [0.25, 0.3) is 0 Å². The number of imidazole rings is 1. The number of hydrogen-bond acceptors (Lipinski definition) is 4. The highest BCUT2D eigenvalue weighted by molar-refractivity contribution is 5.85. The fourth-order valence-corrected chi connectivity index (χ4v) is 3.35. The predicted molar refractivity (Wildman–Crippen MR) is 75.0 cm³/mol. The Morgan fingerprint density at radius 3 is 2.63 bits per heavy atom. The second kappa shape index (κ2) is 5.33. The van der Waals surface area contributed by atoms with Crippen LogP contribution in [0.5, 0.6) is 0 Å². The summed E-state index contributed by atoms with van der Waals surface area (Å²) in [5.41, 5.74) is 4.71. The number of anilines is 1. The van der Waals surface area contributed by atoms with Crippen molar-refractivity contribution in [2.75, 3.05) is 5.43 Å². The summed E-state index contributed by atoms with van der Waals surface area (Å²) in [5.74, 6) is 0.702. The van der Waals surface area contributed by atoms with Crippen LogP contribution in [-0.4, -0.2) is 26.9 Å². The Kier molecular flexibility index (Phi) is 3.55. The number of rotatable bonds is 2. The summed E-state index contributed by atoms with van der Waals surface area (Å²) in [4.78, 5) is 7.07. The molecule has 0 radical (unpaired) electrons. The van der Waals surface area contributed by atoms with Crippen LogP contribution in [0.25, 0.3) is 0 Å². The summed E-state index contributed by atoms with van der Waals surface area (Å²) < 4.78 is 0. The van der Waals surface area contributed by atoms with Gasteiger partial charge >= 0.3 is 0 Å². The molecule has 19 heavy (non-hydrogen) atoms. The van der Waals surface area contributed by atoms with E-state index in [1.807, 2.05) is 0 Å². The molecule has 104 valence electrons. The Balaban J connectivity index is 1.53. The molecule has 1 aromatic rings. The molecule has 3 rings (SSSR count). The largest absolute Gasteiger partial charge is 0.393 e. The maximum absolute atomic E-state index is 9.62. The molecule has 0 unspecified atom stereocenters. The zero-order valence-electron chi connectivity index (χ0n) is 11.2. The third kappa shape index (κ3) is 2.97. The number of aromatic amines is 1. The highest BCUT2D eigenvalue weighted by atomic mass is 16.3. The van der Waals surface area contributed by atoms with Crippen molar-refractivity contribution in [2.24, 2.45) is 10.5 Å². The molecule has 1 heterocycles. The quantitative estimate of drug-likeness (QED) is 0.717. The number of H-pyrrole nitrogens is 1. The Morgan fingerprint density at radius 2 is 2.00 bits per heavy atom. The first kappa shape index (κ1) is 12.7. The first-order chi connectivity index (χ1) is 9.26. The van der Waals surface area contributed by atoms with E-state index in [0.717, 1.165) is 25.7 Å². The molecule has 0 aromatic carbocycles. The van der Waals surface area contributed by atoms with E-state index in [1.54, 1.807) is 12.4 Å². The second-order valence-corrected chi connectivity index (χ2v) is 5.96. The van der Waals surface area contributed by atoms with Gasteiger partial charge in [-0.3, -0.25) is 0 Å². The van der Waals surface area contributed by atoms with Crippen molar-refractivity contribution in [1.29, 1.82) is 0 Å². The van der Waals surface area contributed by atoms with Gasteiger partial charge < -0.3 is 10.1 Å². The van der Waals surface area contributed by atoms with Gasteiger partial charge in [0, 0.05) is 18.1 Å². The van der Waals surface area contributed by atoms with Gasteiger partial charge in [0.05, 0.1) is 6.10 Å². The van der Waals surface area contributed by atoms with Crippen LogP contribution in [0.3, 0.4) is 0 Å². The zero-order chi connectivity index (χ0) is 13.1. The number of aliphatic hydroxyl groups is 1. The van der Waals surface area contributed by atoms with E-state index in [-0.39, 0.29) is 6.10 Å². The van der Waals surface area contributed by atoms with Crippen LogP contribution in [0.15, 0.2) is 17.5 Å². The van der Waals surface area contributed by atoms with Gasteiger partial charge in [0.2, 0.25) is 5.95 Å². The van der Waals surface area contributed by atoms with E-state index >= 15 is 0 Å². The van der Waals surface area contributed by atoms with Crippen LogP contribution in [0.1, 0.15) is 51.4 Å². The first-order valence-electron chi connectivity index (χ1n) is 7.25. The summed E-state index contributed by atoms with van der Waals surface area (Å²) in [6.07, 6.45) is 12.4. The van der Waals surface area contributed by atoms with Gasteiger partial charge in [-0.15, -0.1) is 0 Å². The van der Waals surface area contributed by atoms with Gasteiger partial charge in [0.1, 0.15) is 0 Å². The molecule has 2 fully saturated rings. The highest BCUT2D eigenvalue weighted by Gasteiger charge is 2.37. The lowest BCUT2D eigenvalue weighted by Gasteiger charge is -2.42. The normalized spacial score (nSPS) is 31.4. The number of hydrazone groups is 1. The fourth-order valence-electron chi connectivity index (χ4n) is 3.35. The minimum absolute atomic E-state index is 0.0543. The molecule has 0 bridgehead atoms. The van der Waals surface area contributed by atoms with Crippen LogP contribution in [0, 0.1) is 5.41 Å². The van der Waals surface area contributed by atoms with Crippen LogP contribution in [0.2, 0.25) is 0 Å². The van der Waals surface area contributed by atoms with Gasteiger partial charge in [0.15, 0.2) is 0 Å². The van der Waals surface area contributed by atoms with E-state index in [0.29, 0.717) is 11.4 Å². The molecule has 5 heteroatoms. The van der Waals surface area contributed by atoms with E-state index in [2.05, 4.69) is 20.5 Å². The first-order valence-corrected chi connectivity index (χ1v) is 7.25. The van der Waals surface area contributed by atoms with Crippen molar-refractivity contribution in [3.8, 4) is 0 Å². The van der Waals surface area contributed by atoms with Crippen molar-refractivity contribution >= 4 is 11.7 Å². The summed E-state index contributed by atoms with van der Waals surface area (Å²) in [6.45, 7) is 0. The SMILES string of the molecule is OC1CCC2(CCC(=NNc3ncc[nH]3)CC2)CC1. The van der Waals surface area contributed by atoms with Crippen molar-refractivity contribution < 1.29 is 5.11 Å². The molecule has 0 saturated heterocycles. The van der Waals surface area contributed by atoms with Crippen molar-refractivity contribution in [3.05, 3.63) is 12.4 Å². The van der Waals surface area contributed by atoms with Crippen molar-refractivity contribution in [1.82, 2.24) is 9.97 Å². The smallest absolute Gasteiger partial charge is 0.220 e. The van der Waals surface area contributed by atoms with Gasteiger partial charge in [-0.2, -0.15) is 5.10 Å². The second-order valence-electron chi connectivity index (χ2n) is 5.96. The van der Waals surface area contributed by atoms with Gasteiger partial charge in [-0.25, -0.2) is 10.4 Å². The topological polar surface area (TPSA) is 73.3 Å². The van der Waals surface area contributed by atoms with Gasteiger partial charge in [-0.1, -0.05) is 0 Å². The van der Waals surface area contributed by atoms with Crippen LogP contribution in [0.4, 0.5) is 5.95 Å². The number of aliphatic hydroxyl groups excluding tert-OH is 1. The molecule has 1 spiro atoms. The lowest BCUT2D eigenvalue weighted by molar-refractivity contribution is 0.0508. The molecule has 2 aliphatic carbocycles.